The van der Waals surface area contributed by atoms with Crippen LogP contribution in [-0.2, 0) is 5.75 Å². The van der Waals surface area contributed by atoms with Crippen LogP contribution < -0.4 is 0 Å². The molecule has 0 aliphatic carbocycles. The van der Waals surface area contributed by atoms with Gasteiger partial charge < -0.3 is 4.42 Å². The molecule has 4 aromatic rings. The van der Waals surface area contributed by atoms with Gasteiger partial charge in [-0.2, -0.15) is 4.68 Å². The molecule has 0 aliphatic rings. The van der Waals surface area contributed by atoms with Crippen LogP contribution in [-0.4, -0.2) is 25.2 Å². The number of tetrazole rings is 1. The summed E-state index contributed by atoms with van der Waals surface area (Å²) in [7, 11) is 0. The van der Waals surface area contributed by atoms with Crippen molar-refractivity contribution in [2.24, 2.45) is 0 Å². The van der Waals surface area contributed by atoms with Gasteiger partial charge >= 0.3 is 0 Å². The molecule has 0 saturated heterocycles. The predicted molar refractivity (Wildman–Crippen MR) is 110 cm³/mol. The van der Waals surface area contributed by atoms with Crippen LogP contribution in [0.15, 0.2) is 52.2 Å². The number of thioether (sulfide) groups is 1. The lowest BCUT2D eigenvalue weighted by atomic mass is 10.1. The van der Waals surface area contributed by atoms with E-state index >= 15 is 0 Å². The SMILES string of the molecule is Cc1ccc(-c2nc(CSc3nnnn3-c3c(C)cccc3C)co2)c(C)c1. The number of hydrogen-bond donors (Lipinski definition) is 0. The first-order valence-corrected chi connectivity index (χ1v) is 10.0. The Kier molecular flexibility index (Phi) is 5.00. The Morgan fingerprint density at radius 3 is 2.54 bits per heavy atom. The highest BCUT2D eigenvalue weighted by Crippen LogP contribution is 2.28. The molecule has 0 amide bonds. The largest absolute Gasteiger partial charge is 0.444 e. The number of aromatic nitrogens is 5. The van der Waals surface area contributed by atoms with Gasteiger partial charge in [-0.25, -0.2) is 4.98 Å². The monoisotopic (exact) mass is 391 g/mol. The number of oxazole rings is 1. The topological polar surface area (TPSA) is 69.6 Å². The van der Waals surface area contributed by atoms with Crippen molar-refractivity contribution in [1.29, 1.82) is 0 Å². The Morgan fingerprint density at radius 2 is 1.79 bits per heavy atom. The van der Waals surface area contributed by atoms with E-state index in [1.807, 2.05) is 6.07 Å². The number of hydrogen-bond acceptors (Lipinski definition) is 6. The minimum absolute atomic E-state index is 0.625. The minimum Gasteiger partial charge on any atom is -0.444 e. The molecular weight excluding hydrogens is 370 g/mol. The fraction of sp³-hybridized carbons (Fsp3) is 0.238. The Balaban J connectivity index is 1.54. The Labute approximate surface area is 168 Å². The lowest BCUT2D eigenvalue weighted by Gasteiger charge is -2.10. The van der Waals surface area contributed by atoms with Gasteiger partial charge in [-0.15, -0.1) is 5.10 Å². The third-order valence-electron chi connectivity index (χ3n) is 4.61. The van der Waals surface area contributed by atoms with Crippen LogP contribution in [0, 0.1) is 27.7 Å². The summed E-state index contributed by atoms with van der Waals surface area (Å²) < 4.78 is 7.50. The van der Waals surface area contributed by atoms with Gasteiger partial charge in [0, 0.05) is 11.3 Å². The van der Waals surface area contributed by atoms with Crippen molar-refractivity contribution < 1.29 is 4.42 Å². The molecule has 2 aromatic heterocycles. The molecule has 0 N–H and O–H groups in total. The Morgan fingerprint density at radius 1 is 1.00 bits per heavy atom. The second kappa shape index (κ2) is 7.59. The standard InChI is InChI=1S/C21H21N5OS/c1-13-8-9-18(16(4)10-13)20-22-17(11-27-20)12-28-21-23-24-25-26(21)19-14(2)6-5-7-15(19)3/h5-11H,12H2,1-4H3. The molecule has 0 bridgehead atoms. The third-order valence-corrected chi connectivity index (χ3v) is 5.56. The van der Waals surface area contributed by atoms with Gasteiger partial charge in [-0.3, -0.25) is 0 Å². The third kappa shape index (κ3) is 3.57. The maximum Gasteiger partial charge on any atom is 0.226 e. The van der Waals surface area contributed by atoms with E-state index in [4.69, 9.17) is 4.42 Å². The fourth-order valence-electron chi connectivity index (χ4n) is 3.24. The van der Waals surface area contributed by atoms with Crippen molar-refractivity contribution in [3.8, 4) is 17.1 Å². The zero-order chi connectivity index (χ0) is 19.7. The molecule has 0 unspecified atom stereocenters. The van der Waals surface area contributed by atoms with Gasteiger partial charge in [0.05, 0.1) is 11.4 Å². The molecule has 7 heteroatoms. The van der Waals surface area contributed by atoms with E-state index in [1.54, 1.807) is 10.9 Å². The number of para-hydroxylation sites is 1. The molecule has 2 aromatic carbocycles. The van der Waals surface area contributed by atoms with E-state index in [0.29, 0.717) is 11.6 Å². The van der Waals surface area contributed by atoms with Crippen molar-refractivity contribution in [3.63, 3.8) is 0 Å². The molecule has 0 aliphatic heterocycles. The van der Waals surface area contributed by atoms with Crippen molar-refractivity contribution in [3.05, 3.63) is 70.6 Å². The summed E-state index contributed by atoms with van der Waals surface area (Å²) in [6.45, 7) is 8.27. The number of benzene rings is 2. The second-order valence-corrected chi connectivity index (χ2v) is 7.81. The van der Waals surface area contributed by atoms with Crippen molar-refractivity contribution in [2.45, 2.75) is 38.6 Å². The first-order chi connectivity index (χ1) is 13.5. The van der Waals surface area contributed by atoms with Gasteiger partial charge in [-0.1, -0.05) is 47.7 Å². The Hall–Kier alpha value is -2.93. The van der Waals surface area contributed by atoms with Crippen molar-refractivity contribution in [2.75, 3.05) is 0 Å². The van der Waals surface area contributed by atoms with Crippen LogP contribution in [0.1, 0.15) is 27.9 Å². The van der Waals surface area contributed by atoms with E-state index < -0.39 is 0 Å². The zero-order valence-electron chi connectivity index (χ0n) is 16.3. The van der Waals surface area contributed by atoms with Crippen LogP contribution in [0.5, 0.6) is 0 Å². The van der Waals surface area contributed by atoms with Gasteiger partial charge in [-0.05, 0) is 60.9 Å². The maximum atomic E-state index is 5.71. The van der Waals surface area contributed by atoms with Gasteiger partial charge in [0.1, 0.15) is 6.26 Å². The van der Waals surface area contributed by atoms with Crippen LogP contribution in [0.2, 0.25) is 0 Å². The summed E-state index contributed by atoms with van der Waals surface area (Å²) in [4.78, 5) is 4.64. The number of nitrogens with zero attached hydrogens (tertiary/aromatic N) is 5. The summed E-state index contributed by atoms with van der Waals surface area (Å²) in [6, 6.07) is 12.4. The second-order valence-electron chi connectivity index (χ2n) is 6.86. The summed E-state index contributed by atoms with van der Waals surface area (Å²) in [6.07, 6.45) is 1.70. The molecule has 0 atom stereocenters. The van der Waals surface area contributed by atoms with Gasteiger partial charge in [0.15, 0.2) is 0 Å². The molecule has 0 spiro atoms. The van der Waals surface area contributed by atoms with Crippen LogP contribution in [0.3, 0.4) is 0 Å². The predicted octanol–water partition coefficient (Wildman–Crippen LogP) is 4.84. The van der Waals surface area contributed by atoms with Crippen molar-refractivity contribution >= 4 is 11.8 Å². The smallest absolute Gasteiger partial charge is 0.226 e. The summed E-state index contributed by atoms with van der Waals surface area (Å²) in [5, 5.41) is 13.0. The quantitative estimate of drug-likeness (QED) is 0.453. The lowest BCUT2D eigenvalue weighted by molar-refractivity contribution is 0.573. The van der Waals surface area contributed by atoms with Gasteiger partial charge in [0.25, 0.3) is 0 Å². The molecular formula is C21H21N5OS. The lowest BCUT2D eigenvalue weighted by Crippen LogP contribution is -2.04. The normalized spacial score (nSPS) is 11.1. The van der Waals surface area contributed by atoms with Crippen LogP contribution >= 0.6 is 11.8 Å². The van der Waals surface area contributed by atoms with Crippen LogP contribution in [0.25, 0.3) is 17.1 Å². The average molecular weight is 392 g/mol. The summed E-state index contributed by atoms with van der Waals surface area (Å²) in [5.74, 6) is 1.27. The van der Waals surface area contributed by atoms with Gasteiger partial charge in [0.2, 0.25) is 11.0 Å². The van der Waals surface area contributed by atoms with E-state index in [-0.39, 0.29) is 0 Å². The molecule has 0 fully saturated rings. The first-order valence-electron chi connectivity index (χ1n) is 9.02. The minimum atomic E-state index is 0.625. The average Bonchev–Trinajstić information content (AvgIpc) is 3.29. The Bertz CT molecular complexity index is 1110. The maximum absolute atomic E-state index is 5.71. The molecule has 0 radical (unpaired) electrons. The highest BCUT2D eigenvalue weighted by molar-refractivity contribution is 7.98. The highest BCUT2D eigenvalue weighted by atomic mass is 32.2. The molecule has 4 rings (SSSR count). The highest BCUT2D eigenvalue weighted by Gasteiger charge is 2.15. The zero-order valence-corrected chi connectivity index (χ0v) is 17.1. The first kappa shape index (κ1) is 18.4. The number of aryl methyl sites for hydroxylation is 4. The number of rotatable bonds is 5. The molecule has 6 nitrogen and oxygen atoms in total. The molecule has 142 valence electrons. The summed E-state index contributed by atoms with van der Waals surface area (Å²) in [5.41, 5.74) is 7.53. The summed E-state index contributed by atoms with van der Waals surface area (Å²) >= 11 is 1.54. The van der Waals surface area contributed by atoms with E-state index in [0.717, 1.165) is 38.8 Å². The van der Waals surface area contributed by atoms with E-state index in [2.05, 4.69) is 78.5 Å². The fourth-order valence-corrected chi connectivity index (χ4v) is 3.99. The molecule has 28 heavy (non-hydrogen) atoms. The molecule has 2 heterocycles. The molecule has 0 saturated carbocycles. The van der Waals surface area contributed by atoms with E-state index in [9.17, 15) is 0 Å². The van der Waals surface area contributed by atoms with E-state index in [1.165, 1.54) is 17.3 Å². The van der Waals surface area contributed by atoms with Crippen molar-refractivity contribution in [1.82, 2.24) is 25.2 Å². The van der Waals surface area contributed by atoms with Crippen LogP contribution in [0.4, 0.5) is 0 Å².